The van der Waals surface area contributed by atoms with Gasteiger partial charge in [-0.1, -0.05) is 60.4 Å². The Hall–Kier alpha value is -3.34. The second-order valence-electron chi connectivity index (χ2n) is 7.47. The molecule has 0 bridgehead atoms. The number of rotatable bonds is 1. The first-order chi connectivity index (χ1) is 13.7. The van der Waals surface area contributed by atoms with Crippen LogP contribution in [-0.4, -0.2) is 5.11 Å². The van der Waals surface area contributed by atoms with E-state index in [4.69, 9.17) is 0 Å². The smallest absolute Gasteiger partial charge is 0.0687 e. The lowest BCUT2D eigenvalue weighted by atomic mass is 9.92. The van der Waals surface area contributed by atoms with Crippen LogP contribution < -0.4 is 0 Å². The minimum atomic E-state index is 0.0698. The Morgan fingerprint density at radius 3 is 2.00 bits per heavy atom. The molecule has 0 radical (unpaired) electrons. The van der Waals surface area contributed by atoms with E-state index in [-0.39, 0.29) is 6.61 Å². The van der Waals surface area contributed by atoms with Gasteiger partial charge in [0.15, 0.2) is 0 Å². The standard InChI is InChI=1S/C27H20O/c1-17-14-19(15-18(2)25(17)16-28)6-7-20-8-9-23-11-10-21-4-3-5-22-12-13-24(20)27(23)26(21)22/h3-5,8-15,28H,16H2,1-2H3. The molecular weight excluding hydrogens is 340 g/mol. The molecule has 1 heteroatoms. The van der Waals surface area contributed by atoms with Gasteiger partial charge < -0.3 is 5.11 Å². The lowest BCUT2D eigenvalue weighted by molar-refractivity contribution is 0.280. The molecule has 0 unspecified atom stereocenters. The second-order valence-corrected chi connectivity index (χ2v) is 7.47. The molecule has 0 fully saturated rings. The van der Waals surface area contributed by atoms with Crippen molar-refractivity contribution in [2.24, 2.45) is 0 Å². The summed E-state index contributed by atoms with van der Waals surface area (Å²) in [6, 6.07) is 23.7. The Kier molecular flexibility index (Phi) is 3.83. The maximum atomic E-state index is 9.52. The molecule has 0 saturated carbocycles. The summed E-state index contributed by atoms with van der Waals surface area (Å²) >= 11 is 0. The summed E-state index contributed by atoms with van der Waals surface area (Å²) in [7, 11) is 0. The normalized spacial score (nSPS) is 11.2. The van der Waals surface area contributed by atoms with Crippen molar-refractivity contribution in [2.75, 3.05) is 0 Å². The maximum Gasteiger partial charge on any atom is 0.0687 e. The lowest BCUT2D eigenvalue weighted by Gasteiger charge is -2.11. The number of aryl methyl sites for hydroxylation is 2. The van der Waals surface area contributed by atoms with Gasteiger partial charge >= 0.3 is 0 Å². The van der Waals surface area contributed by atoms with Crippen molar-refractivity contribution in [2.45, 2.75) is 20.5 Å². The van der Waals surface area contributed by atoms with Gasteiger partial charge in [0, 0.05) is 11.1 Å². The molecule has 0 heterocycles. The molecule has 1 nitrogen and oxygen atoms in total. The van der Waals surface area contributed by atoms with Crippen LogP contribution in [0, 0.1) is 25.7 Å². The number of aliphatic hydroxyl groups excluding tert-OH is 1. The first-order valence-electron chi connectivity index (χ1n) is 9.55. The van der Waals surface area contributed by atoms with Gasteiger partial charge in [-0.3, -0.25) is 0 Å². The summed E-state index contributed by atoms with van der Waals surface area (Å²) in [4.78, 5) is 0. The molecule has 0 atom stereocenters. The van der Waals surface area contributed by atoms with Gasteiger partial charge in [-0.05, 0) is 81.1 Å². The fourth-order valence-electron chi connectivity index (χ4n) is 4.30. The van der Waals surface area contributed by atoms with Crippen molar-refractivity contribution in [3.63, 3.8) is 0 Å². The van der Waals surface area contributed by atoms with Gasteiger partial charge in [0.25, 0.3) is 0 Å². The maximum absolute atomic E-state index is 9.52. The van der Waals surface area contributed by atoms with Crippen LogP contribution in [0.5, 0.6) is 0 Å². The van der Waals surface area contributed by atoms with Gasteiger partial charge in [0.05, 0.1) is 6.61 Å². The third-order valence-electron chi connectivity index (χ3n) is 5.72. The van der Waals surface area contributed by atoms with E-state index in [0.717, 1.165) is 27.8 Å². The molecule has 0 amide bonds. The fourth-order valence-corrected chi connectivity index (χ4v) is 4.30. The van der Waals surface area contributed by atoms with E-state index in [9.17, 15) is 5.11 Å². The van der Waals surface area contributed by atoms with Crippen molar-refractivity contribution in [3.05, 3.63) is 94.5 Å². The highest BCUT2D eigenvalue weighted by atomic mass is 16.3. The van der Waals surface area contributed by atoms with Crippen LogP contribution >= 0.6 is 0 Å². The van der Waals surface area contributed by atoms with Gasteiger partial charge in [-0.2, -0.15) is 0 Å². The molecular formula is C27H20O. The van der Waals surface area contributed by atoms with E-state index >= 15 is 0 Å². The van der Waals surface area contributed by atoms with Crippen molar-refractivity contribution in [1.29, 1.82) is 0 Å². The molecule has 0 aromatic heterocycles. The summed E-state index contributed by atoms with van der Waals surface area (Å²) in [5, 5.41) is 17.1. The van der Waals surface area contributed by atoms with Gasteiger partial charge in [0.1, 0.15) is 0 Å². The van der Waals surface area contributed by atoms with Crippen molar-refractivity contribution in [1.82, 2.24) is 0 Å². The molecule has 1 N–H and O–H groups in total. The average Bonchev–Trinajstić information content (AvgIpc) is 2.71. The summed E-state index contributed by atoms with van der Waals surface area (Å²) in [6.07, 6.45) is 0. The Morgan fingerprint density at radius 1 is 0.714 bits per heavy atom. The summed E-state index contributed by atoms with van der Waals surface area (Å²) < 4.78 is 0. The van der Waals surface area contributed by atoms with E-state index in [2.05, 4.69) is 78.6 Å². The first-order valence-corrected chi connectivity index (χ1v) is 9.55. The van der Waals surface area contributed by atoms with Crippen LogP contribution in [0.4, 0.5) is 0 Å². The largest absolute Gasteiger partial charge is 0.392 e. The molecule has 5 aromatic carbocycles. The van der Waals surface area contributed by atoms with Crippen molar-refractivity contribution >= 4 is 32.3 Å². The average molecular weight is 360 g/mol. The van der Waals surface area contributed by atoms with Crippen LogP contribution in [0.1, 0.15) is 27.8 Å². The van der Waals surface area contributed by atoms with Gasteiger partial charge in [-0.25, -0.2) is 0 Å². The van der Waals surface area contributed by atoms with Crippen LogP contribution in [0.15, 0.2) is 66.7 Å². The van der Waals surface area contributed by atoms with E-state index in [1.54, 1.807) is 0 Å². The summed E-state index contributed by atoms with van der Waals surface area (Å²) in [5.41, 5.74) is 5.20. The van der Waals surface area contributed by atoms with Crippen LogP contribution in [-0.2, 0) is 6.61 Å². The van der Waals surface area contributed by atoms with E-state index in [0.29, 0.717) is 0 Å². The zero-order valence-corrected chi connectivity index (χ0v) is 16.0. The molecule has 5 aromatic rings. The zero-order chi connectivity index (χ0) is 19.3. The Labute approximate surface area is 164 Å². The van der Waals surface area contributed by atoms with Crippen molar-refractivity contribution in [3.8, 4) is 11.8 Å². The van der Waals surface area contributed by atoms with Crippen LogP contribution in [0.2, 0.25) is 0 Å². The number of hydrogen-bond acceptors (Lipinski definition) is 1. The van der Waals surface area contributed by atoms with Crippen molar-refractivity contribution < 1.29 is 5.11 Å². The minimum absolute atomic E-state index is 0.0698. The molecule has 0 spiro atoms. The van der Waals surface area contributed by atoms with Gasteiger partial charge in [-0.15, -0.1) is 0 Å². The van der Waals surface area contributed by atoms with Crippen LogP contribution in [0.25, 0.3) is 32.3 Å². The molecule has 0 saturated heterocycles. The molecule has 0 aliphatic rings. The first kappa shape index (κ1) is 16.8. The Morgan fingerprint density at radius 2 is 1.32 bits per heavy atom. The summed E-state index contributed by atoms with van der Waals surface area (Å²) in [5.74, 6) is 6.73. The fraction of sp³-hybridized carbons (Fsp3) is 0.111. The highest BCUT2D eigenvalue weighted by Gasteiger charge is 2.09. The monoisotopic (exact) mass is 360 g/mol. The number of hydrogen-bond donors (Lipinski definition) is 1. The molecule has 28 heavy (non-hydrogen) atoms. The molecule has 134 valence electrons. The van der Waals surface area contributed by atoms with E-state index < -0.39 is 0 Å². The molecule has 0 aliphatic carbocycles. The van der Waals surface area contributed by atoms with Gasteiger partial charge in [0.2, 0.25) is 0 Å². The minimum Gasteiger partial charge on any atom is -0.392 e. The molecule has 0 aliphatic heterocycles. The number of benzene rings is 5. The summed E-state index contributed by atoms with van der Waals surface area (Å²) in [6.45, 7) is 4.13. The third kappa shape index (κ3) is 2.54. The second kappa shape index (κ2) is 6.37. The third-order valence-corrected chi connectivity index (χ3v) is 5.72. The predicted octanol–water partition coefficient (Wildman–Crippen LogP) is 6.09. The topological polar surface area (TPSA) is 20.2 Å². The predicted molar refractivity (Wildman–Crippen MR) is 118 cm³/mol. The Balaban J connectivity index is 1.72. The van der Waals surface area contributed by atoms with E-state index in [1.807, 2.05) is 13.8 Å². The number of aliphatic hydroxyl groups is 1. The molecule has 5 rings (SSSR count). The quantitative estimate of drug-likeness (QED) is 0.283. The van der Waals surface area contributed by atoms with Crippen LogP contribution in [0.3, 0.4) is 0 Å². The Bertz CT molecular complexity index is 1370. The highest BCUT2D eigenvalue weighted by Crippen LogP contribution is 2.35. The lowest BCUT2D eigenvalue weighted by Crippen LogP contribution is -1.94. The SMILES string of the molecule is Cc1cc(C#Cc2ccc3ccc4cccc5ccc2c3c45)cc(C)c1CO. The van der Waals surface area contributed by atoms with E-state index in [1.165, 1.54) is 32.3 Å². The zero-order valence-electron chi connectivity index (χ0n) is 16.0. The highest BCUT2D eigenvalue weighted by molar-refractivity contribution is 6.23.